The molecule has 0 saturated carbocycles. The van der Waals surface area contributed by atoms with Crippen LogP contribution in [0.15, 0.2) is 59.5 Å². The number of halogens is 2. The van der Waals surface area contributed by atoms with Crippen molar-refractivity contribution in [3.05, 3.63) is 88.1 Å². The predicted molar refractivity (Wildman–Crippen MR) is 181 cm³/mol. The minimum atomic E-state index is -0.742. The lowest BCUT2D eigenvalue weighted by Crippen LogP contribution is -2.58. The van der Waals surface area contributed by atoms with Crippen LogP contribution >= 0.6 is 0 Å². The number of piperazine rings is 1. The Hall–Kier alpha value is -4.55. The van der Waals surface area contributed by atoms with Gasteiger partial charge in [0, 0.05) is 56.7 Å². The van der Waals surface area contributed by atoms with Gasteiger partial charge in [0.15, 0.2) is 5.65 Å². The first-order chi connectivity index (χ1) is 22.4. The molecule has 4 heterocycles. The zero-order valence-corrected chi connectivity index (χ0v) is 28.2. The summed E-state index contributed by atoms with van der Waals surface area (Å²) in [4.78, 5) is 46.5. The Kier molecular flexibility index (Phi) is 11.2. The minimum absolute atomic E-state index is 0.0160. The number of hydrogen-bond donors (Lipinski definition) is 1. The molecule has 1 aliphatic rings. The summed E-state index contributed by atoms with van der Waals surface area (Å²) in [7, 11) is 4.86. The monoisotopic (exact) mass is 647 g/mol. The number of hydrogen-bond acceptors (Lipinski definition) is 8. The lowest BCUT2D eigenvalue weighted by molar-refractivity contribution is -0.128. The summed E-state index contributed by atoms with van der Waals surface area (Å²) in [6.07, 6.45) is 5.09. The van der Waals surface area contributed by atoms with Crippen molar-refractivity contribution < 1.29 is 18.7 Å². The first-order valence-corrected chi connectivity index (χ1v) is 15.6. The van der Waals surface area contributed by atoms with Gasteiger partial charge in [-0.05, 0) is 70.6 Å². The molecule has 12 heteroatoms. The molecule has 1 amide bonds. The Morgan fingerprint density at radius 2 is 1.77 bits per heavy atom. The Morgan fingerprint density at radius 3 is 2.43 bits per heavy atom. The summed E-state index contributed by atoms with van der Waals surface area (Å²) in [5, 5.41) is 7.30. The first kappa shape index (κ1) is 35.3. The van der Waals surface area contributed by atoms with E-state index in [1.807, 2.05) is 64.6 Å². The maximum absolute atomic E-state index is 15.9. The smallest absolute Gasteiger partial charge is 0.355 e. The number of anilines is 1. The van der Waals surface area contributed by atoms with Crippen LogP contribution in [-0.4, -0.2) is 93.3 Å². The van der Waals surface area contributed by atoms with Crippen molar-refractivity contribution in [1.82, 2.24) is 29.3 Å². The highest BCUT2D eigenvalue weighted by Crippen LogP contribution is 2.34. The van der Waals surface area contributed by atoms with E-state index < -0.39 is 17.3 Å². The van der Waals surface area contributed by atoms with E-state index >= 15 is 4.39 Å². The summed E-state index contributed by atoms with van der Waals surface area (Å²) in [6.45, 7) is 11.1. The number of fused-ring (bicyclic) bond motifs is 1. The van der Waals surface area contributed by atoms with Crippen LogP contribution in [0.2, 0.25) is 0 Å². The van der Waals surface area contributed by atoms with Gasteiger partial charge in [0.25, 0.3) is 0 Å². The molecule has 4 aromatic rings. The van der Waals surface area contributed by atoms with E-state index in [0.29, 0.717) is 36.4 Å². The van der Waals surface area contributed by atoms with Crippen LogP contribution in [-0.2, 0) is 4.79 Å². The van der Waals surface area contributed by atoms with Crippen LogP contribution in [0.1, 0.15) is 44.9 Å². The third kappa shape index (κ3) is 7.23. The molecule has 250 valence electrons. The van der Waals surface area contributed by atoms with Gasteiger partial charge >= 0.3 is 5.69 Å². The molecule has 3 aromatic heterocycles. The molecule has 1 aliphatic heterocycles. The number of nitrogens with zero attached hydrogens (tertiary/aromatic N) is 7. The van der Waals surface area contributed by atoms with Gasteiger partial charge in [0.05, 0.1) is 16.8 Å². The number of aliphatic hydroxyl groups is 1. The second-order valence-corrected chi connectivity index (χ2v) is 12.2. The fourth-order valence-electron chi connectivity index (χ4n) is 5.84. The minimum Gasteiger partial charge on any atom is -0.400 e. The number of aromatic nitrogens is 4. The van der Waals surface area contributed by atoms with Crippen LogP contribution in [0.5, 0.6) is 0 Å². The Bertz CT molecular complexity index is 1840. The third-order valence-corrected chi connectivity index (χ3v) is 8.13. The van der Waals surface area contributed by atoms with E-state index in [1.54, 1.807) is 29.3 Å². The number of rotatable bonds is 7. The van der Waals surface area contributed by atoms with Gasteiger partial charge < -0.3 is 19.8 Å². The zero-order valence-electron chi connectivity index (χ0n) is 28.2. The normalized spacial score (nSPS) is 16.7. The van der Waals surface area contributed by atoms with Crippen LogP contribution in [0.3, 0.4) is 0 Å². The number of aliphatic hydroxyl groups excluding tert-OH is 1. The van der Waals surface area contributed by atoms with Gasteiger partial charge in [0.1, 0.15) is 23.1 Å². The van der Waals surface area contributed by atoms with E-state index in [2.05, 4.69) is 15.0 Å². The molecule has 0 spiro atoms. The highest BCUT2D eigenvalue weighted by Gasteiger charge is 2.34. The average molecular weight is 648 g/mol. The Balaban J connectivity index is 0.00000245. The van der Waals surface area contributed by atoms with Crippen LogP contribution in [0.25, 0.3) is 28.0 Å². The van der Waals surface area contributed by atoms with Crippen LogP contribution in [0, 0.1) is 18.6 Å². The van der Waals surface area contributed by atoms with E-state index in [1.165, 1.54) is 28.8 Å². The van der Waals surface area contributed by atoms with Crippen molar-refractivity contribution in [3.8, 4) is 16.9 Å². The van der Waals surface area contributed by atoms with Gasteiger partial charge in [-0.1, -0.05) is 32.1 Å². The number of carbonyl (C=O) groups is 1. The quantitative estimate of drug-likeness (QED) is 0.288. The second-order valence-electron chi connectivity index (χ2n) is 12.2. The average Bonchev–Trinajstić information content (AvgIpc) is 3.03. The highest BCUT2D eigenvalue weighted by molar-refractivity contribution is 5.91. The van der Waals surface area contributed by atoms with Crippen molar-refractivity contribution in [2.24, 2.45) is 0 Å². The molecule has 1 fully saturated rings. The molecule has 5 rings (SSSR count). The van der Waals surface area contributed by atoms with Crippen molar-refractivity contribution in [2.45, 2.75) is 52.6 Å². The topological polar surface area (TPSA) is 108 Å². The van der Waals surface area contributed by atoms with E-state index in [9.17, 15) is 14.0 Å². The van der Waals surface area contributed by atoms with Crippen molar-refractivity contribution in [1.29, 1.82) is 0 Å². The molecule has 1 aromatic carbocycles. The van der Waals surface area contributed by atoms with Gasteiger partial charge in [0.2, 0.25) is 5.91 Å². The number of aryl methyl sites for hydroxylation is 1. The molecule has 2 atom stereocenters. The Labute approximate surface area is 274 Å². The van der Waals surface area contributed by atoms with Gasteiger partial charge in [-0.25, -0.2) is 23.1 Å². The number of amides is 1. The van der Waals surface area contributed by atoms with Crippen molar-refractivity contribution >= 4 is 22.8 Å². The molecule has 0 unspecified atom stereocenters. The molecular formula is C35H43F2N7O3. The number of benzene rings is 1. The van der Waals surface area contributed by atoms with Crippen molar-refractivity contribution in [2.75, 3.05) is 45.7 Å². The van der Waals surface area contributed by atoms with E-state index in [4.69, 9.17) is 5.11 Å². The fraction of sp³-hybridized carbons (Fsp3) is 0.400. The summed E-state index contributed by atoms with van der Waals surface area (Å²) in [6, 6.07) is 8.43. The van der Waals surface area contributed by atoms with Gasteiger partial charge in [-0.15, -0.1) is 0 Å². The summed E-state index contributed by atoms with van der Waals surface area (Å²) >= 11 is 0. The maximum atomic E-state index is 15.9. The summed E-state index contributed by atoms with van der Waals surface area (Å²) in [5.41, 5.74) is 1.25. The maximum Gasteiger partial charge on any atom is 0.355 e. The lowest BCUT2D eigenvalue weighted by atomic mass is 10.0. The van der Waals surface area contributed by atoms with Crippen molar-refractivity contribution in [3.63, 3.8) is 0 Å². The molecule has 1 saturated heterocycles. The summed E-state index contributed by atoms with van der Waals surface area (Å²) in [5.74, 6) is -1.26. The molecule has 1 N–H and O–H groups in total. The molecule has 0 radical (unpaired) electrons. The van der Waals surface area contributed by atoms with E-state index in [-0.39, 0.29) is 46.6 Å². The summed E-state index contributed by atoms with van der Waals surface area (Å²) < 4.78 is 32.2. The lowest BCUT2D eigenvalue weighted by Gasteiger charge is -2.44. The molecule has 47 heavy (non-hydrogen) atoms. The highest BCUT2D eigenvalue weighted by atomic mass is 19.1. The van der Waals surface area contributed by atoms with Gasteiger partial charge in [-0.3, -0.25) is 9.78 Å². The third-order valence-electron chi connectivity index (χ3n) is 8.13. The predicted octanol–water partition coefficient (Wildman–Crippen LogP) is 4.70. The molecule has 0 bridgehead atoms. The first-order valence-electron chi connectivity index (χ1n) is 15.6. The standard InChI is InChI=1S/C34H39F2N7O2.CH4O/c1-20(2)29-31(21(3)14-15-37-29)43-33-25(17-27(36)30(38-33)24-11-8-9-12-26(24)35)32(39-34(43)45)42-19-22(4)41(18-23(42)5)28(44)13-10-16-40(6)7;1-2/h8-15,17,20,22-23H,16,18-19H2,1-7H3;2H,1H3/b13-10-;/t22-,23+;/m1./s1. The SMILES string of the molecule is CO.Cc1ccnc(C(C)C)c1-n1c(=O)nc(N2C[C@@H](C)N(C(=O)/C=C\CN(C)C)C[C@@H]2C)c2cc(F)c(-c3ccccc3F)nc21. The number of carbonyl (C=O) groups excluding carboxylic acids is 1. The number of likely N-dealkylation sites (N-methyl/N-ethyl adjacent to an activating group) is 1. The molecule has 10 nitrogen and oxygen atoms in total. The number of pyridine rings is 2. The molecule has 0 aliphatic carbocycles. The van der Waals surface area contributed by atoms with Gasteiger partial charge in [-0.2, -0.15) is 4.98 Å². The largest absolute Gasteiger partial charge is 0.400 e. The second kappa shape index (κ2) is 14.9. The van der Waals surface area contributed by atoms with Crippen LogP contribution in [0.4, 0.5) is 14.6 Å². The van der Waals surface area contributed by atoms with Crippen LogP contribution < -0.4 is 10.6 Å². The molecular weight excluding hydrogens is 604 g/mol. The Morgan fingerprint density at radius 1 is 1.06 bits per heavy atom. The zero-order chi connectivity index (χ0) is 34.6. The van der Waals surface area contributed by atoms with E-state index in [0.717, 1.165) is 12.7 Å². The fourth-order valence-corrected chi connectivity index (χ4v) is 5.84.